The predicted octanol–water partition coefficient (Wildman–Crippen LogP) is 8.53. The predicted molar refractivity (Wildman–Crippen MR) is 244 cm³/mol. The number of hydrogen-bond donors (Lipinski definition) is 3. The summed E-state index contributed by atoms with van der Waals surface area (Å²) in [6.45, 7) is 3.61. The summed E-state index contributed by atoms with van der Waals surface area (Å²) in [6.07, 6.45) is 19.0. The van der Waals surface area contributed by atoms with Gasteiger partial charge in [0.1, 0.15) is 0 Å². The SMILES string of the molecule is CCCCCCCCCCCCCCC(=O)N[C@H]1CCCN(C(=O)c2ccc(C(=O)N3C[C@@H](C(=O)N[C@H]4C[C@@H]4c4ccccc4)[C@H](C(=O)N[C@H]4C[C@@H]4c4ccccc4)C3)cc2)C1. The molecule has 10 nitrogen and oxygen atoms in total. The van der Waals surface area contributed by atoms with E-state index in [0.29, 0.717) is 30.6 Å². The lowest BCUT2D eigenvalue weighted by molar-refractivity contribution is -0.133. The van der Waals surface area contributed by atoms with Gasteiger partial charge in [-0.25, -0.2) is 0 Å². The van der Waals surface area contributed by atoms with Crippen molar-refractivity contribution in [2.75, 3.05) is 26.2 Å². The van der Waals surface area contributed by atoms with Gasteiger partial charge in [0.05, 0.1) is 11.8 Å². The number of carbonyl (C=O) groups is 5. The highest BCUT2D eigenvalue weighted by Crippen LogP contribution is 2.42. The first kappa shape index (κ1) is 45.0. The zero-order valence-corrected chi connectivity index (χ0v) is 36.9. The van der Waals surface area contributed by atoms with Crippen molar-refractivity contribution >= 4 is 29.5 Å². The topological polar surface area (TPSA) is 128 Å². The largest absolute Gasteiger partial charge is 0.352 e. The molecule has 2 saturated carbocycles. The van der Waals surface area contributed by atoms with Crippen molar-refractivity contribution in [3.8, 4) is 0 Å². The van der Waals surface area contributed by atoms with Crippen LogP contribution in [0.5, 0.6) is 0 Å². The summed E-state index contributed by atoms with van der Waals surface area (Å²) in [7, 11) is 0. The number of nitrogens with one attached hydrogen (secondary N) is 3. The summed E-state index contributed by atoms with van der Waals surface area (Å²) in [6, 6.07) is 26.9. The van der Waals surface area contributed by atoms with Gasteiger partial charge in [0.25, 0.3) is 11.8 Å². The molecule has 2 aliphatic heterocycles. The molecule has 3 N–H and O–H groups in total. The Balaban J connectivity index is 0.873. The van der Waals surface area contributed by atoms with Crippen molar-refractivity contribution in [3.63, 3.8) is 0 Å². The van der Waals surface area contributed by atoms with E-state index in [1.807, 2.05) is 36.4 Å². The first-order valence-electron chi connectivity index (χ1n) is 24.0. The van der Waals surface area contributed by atoms with Crippen molar-refractivity contribution in [3.05, 3.63) is 107 Å². The fourth-order valence-corrected chi connectivity index (χ4v) is 9.75. The third-order valence-electron chi connectivity index (χ3n) is 13.7. The quantitative estimate of drug-likeness (QED) is 0.0875. The molecule has 4 aliphatic rings. The molecule has 0 radical (unpaired) electrons. The third-order valence-corrected chi connectivity index (χ3v) is 13.7. The van der Waals surface area contributed by atoms with E-state index >= 15 is 0 Å². The lowest BCUT2D eigenvalue weighted by Crippen LogP contribution is -2.49. The Morgan fingerprint density at radius 2 is 0.984 bits per heavy atom. The number of amides is 5. The maximum Gasteiger partial charge on any atom is 0.253 e. The molecular weight excluding hydrogens is 775 g/mol. The Kier molecular flexibility index (Phi) is 16.3. The molecule has 0 aromatic heterocycles. The van der Waals surface area contributed by atoms with Gasteiger partial charge in [-0.15, -0.1) is 0 Å². The summed E-state index contributed by atoms with van der Waals surface area (Å²) >= 11 is 0. The average Bonchev–Trinajstić information content (AvgIpc) is 4.21. The molecule has 0 unspecified atom stereocenters. The Morgan fingerprint density at radius 1 is 0.532 bits per heavy atom. The van der Waals surface area contributed by atoms with Crippen LogP contribution in [-0.2, 0) is 14.4 Å². The summed E-state index contributed by atoms with van der Waals surface area (Å²) in [4.78, 5) is 71.6. The van der Waals surface area contributed by atoms with E-state index in [1.165, 1.54) is 75.3 Å². The normalized spacial score (nSPS) is 24.0. The van der Waals surface area contributed by atoms with Crippen LogP contribution in [0.4, 0.5) is 0 Å². The van der Waals surface area contributed by atoms with Gasteiger partial charge in [-0.05, 0) is 67.5 Å². The minimum atomic E-state index is -0.678. The van der Waals surface area contributed by atoms with Gasteiger partial charge in [0, 0.05) is 73.7 Å². The molecule has 2 aliphatic carbocycles. The summed E-state index contributed by atoms with van der Waals surface area (Å²) in [5.74, 6) is -1.58. The number of benzene rings is 3. The first-order chi connectivity index (χ1) is 30.3. The highest BCUT2D eigenvalue weighted by Gasteiger charge is 2.49. The van der Waals surface area contributed by atoms with E-state index in [4.69, 9.17) is 0 Å². The smallest absolute Gasteiger partial charge is 0.253 e. The first-order valence-corrected chi connectivity index (χ1v) is 24.0. The lowest BCUT2D eigenvalue weighted by atomic mass is 9.94. The van der Waals surface area contributed by atoms with E-state index in [9.17, 15) is 24.0 Å². The van der Waals surface area contributed by atoms with E-state index in [2.05, 4.69) is 47.1 Å². The number of likely N-dealkylation sites (tertiary alicyclic amines) is 2. The Bertz CT molecular complexity index is 1860. The van der Waals surface area contributed by atoms with Gasteiger partial charge in [0.2, 0.25) is 17.7 Å². The van der Waals surface area contributed by atoms with Gasteiger partial charge in [-0.3, -0.25) is 24.0 Å². The van der Waals surface area contributed by atoms with E-state index in [-0.39, 0.29) is 72.6 Å². The molecule has 7 atom stereocenters. The summed E-state index contributed by atoms with van der Waals surface area (Å²) in [5, 5.41) is 9.58. The average molecular weight is 844 g/mol. The van der Waals surface area contributed by atoms with Crippen LogP contribution in [0.2, 0.25) is 0 Å². The molecule has 2 heterocycles. The van der Waals surface area contributed by atoms with Crippen LogP contribution in [0, 0.1) is 11.8 Å². The van der Waals surface area contributed by atoms with Crippen molar-refractivity contribution < 1.29 is 24.0 Å². The molecule has 4 fully saturated rings. The molecule has 3 aromatic rings. The molecule has 0 bridgehead atoms. The van der Waals surface area contributed by atoms with Crippen LogP contribution in [0.15, 0.2) is 84.9 Å². The second-order valence-corrected chi connectivity index (χ2v) is 18.5. The lowest BCUT2D eigenvalue weighted by Gasteiger charge is -2.33. The fraction of sp³-hybridized carbons (Fsp3) is 0.558. The van der Waals surface area contributed by atoms with E-state index in [0.717, 1.165) is 38.5 Å². The minimum Gasteiger partial charge on any atom is -0.352 e. The van der Waals surface area contributed by atoms with Crippen LogP contribution in [0.1, 0.15) is 160 Å². The summed E-state index contributed by atoms with van der Waals surface area (Å²) < 4.78 is 0. The molecule has 7 rings (SSSR count). The number of carbonyl (C=O) groups excluding carboxylic acids is 5. The number of nitrogens with zero attached hydrogens (tertiary/aromatic N) is 2. The highest BCUT2D eigenvalue weighted by atomic mass is 16.2. The molecule has 2 saturated heterocycles. The Labute approximate surface area is 369 Å². The van der Waals surface area contributed by atoms with Crippen LogP contribution < -0.4 is 16.0 Å². The van der Waals surface area contributed by atoms with E-state index < -0.39 is 11.8 Å². The van der Waals surface area contributed by atoms with Crippen molar-refractivity contribution in [1.82, 2.24) is 25.8 Å². The number of unbranched alkanes of at least 4 members (excludes halogenated alkanes) is 11. The highest BCUT2D eigenvalue weighted by molar-refractivity contribution is 5.99. The van der Waals surface area contributed by atoms with Crippen molar-refractivity contribution in [1.29, 1.82) is 0 Å². The zero-order chi connectivity index (χ0) is 43.3. The van der Waals surface area contributed by atoms with Crippen LogP contribution in [0.25, 0.3) is 0 Å². The third kappa shape index (κ3) is 12.6. The minimum absolute atomic E-state index is 0.00449. The van der Waals surface area contributed by atoms with Crippen molar-refractivity contribution in [2.24, 2.45) is 11.8 Å². The van der Waals surface area contributed by atoms with Crippen LogP contribution in [0.3, 0.4) is 0 Å². The monoisotopic (exact) mass is 844 g/mol. The number of piperidine rings is 1. The van der Waals surface area contributed by atoms with Gasteiger partial charge >= 0.3 is 0 Å². The Hall–Kier alpha value is -4.99. The second-order valence-electron chi connectivity index (χ2n) is 18.5. The molecule has 3 aromatic carbocycles. The molecule has 332 valence electrons. The number of hydrogen-bond acceptors (Lipinski definition) is 5. The van der Waals surface area contributed by atoms with Gasteiger partial charge < -0.3 is 25.8 Å². The maximum absolute atomic E-state index is 14.0. The molecule has 62 heavy (non-hydrogen) atoms. The molecular formula is C52H69N5O5. The van der Waals surface area contributed by atoms with E-state index in [1.54, 1.807) is 34.1 Å². The maximum atomic E-state index is 14.0. The number of rotatable bonds is 22. The molecule has 5 amide bonds. The van der Waals surface area contributed by atoms with Gasteiger partial charge in [0.15, 0.2) is 0 Å². The van der Waals surface area contributed by atoms with Crippen LogP contribution in [-0.4, -0.2) is 83.6 Å². The fourth-order valence-electron chi connectivity index (χ4n) is 9.75. The van der Waals surface area contributed by atoms with Gasteiger partial charge in [-0.2, -0.15) is 0 Å². The molecule has 0 spiro atoms. The Morgan fingerprint density at radius 3 is 1.47 bits per heavy atom. The standard InChI is InChI=1S/C52H69N5O5/c1-2-3-4-5-6-7-8-9-10-11-12-19-26-48(58)53-41-25-20-31-56(34-41)51(61)39-27-29-40(30-28-39)52(62)57-35-44(49(59)54-46-32-42(46)37-21-15-13-16-22-37)45(36-57)50(60)55-47-33-43(47)38-23-17-14-18-24-38/h13-18,21-24,27-30,41-47H,2-12,19-20,25-26,31-36H2,1H3,(H,53,58)(H,54,59)(H,55,60)/t41-,42+,43+,44+,45+,46-,47-/m0/s1. The van der Waals surface area contributed by atoms with Crippen molar-refractivity contribution in [2.45, 2.75) is 146 Å². The molecule has 10 heteroatoms. The summed E-state index contributed by atoms with van der Waals surface area (Å²) in [5.41, 5.74) is 3.26. The second kappa shape index (κ2) is 22.4. The zero-order valence-electron chi connectivity index (χ0n) is 36.9. The van der Waals surface area contributed by atoms with Gasteiger partial charge in [-0.1, -0.05) is 138 Å². The van der Waals surface area contributed by atoms with Crippen LogP contribution >= 0.6 is 0 Å².